The van der Waals surface area contributed by atoms with E-state index in [1.54, 1.807) is 12.3 Å². The standard InChI is InChI=1S/C16H19N3O2/c1-12(20)13-10-15(18-11-13)16(21)17-8-9-19(2)14-6-4-3-5-7-14/h3-7,10-11,18H,8-9H2,1-2H3,(H,17,21). The summed E-state index contributed by atoms with van der Waals surface area (Å²) in [5.74, 6) is -0.266. The summed E-state index contributed by atoms with van der Waals surface area (Å²) in [5.41, 5.74) is 2.02. The predicted molar refractivity (Wildman–Crippen MR) is 82.8 cm³/mol. The van der Waals surface area contributed by atoms with Gasteiger partial charge in [-0.3, -0.25) is 9.59 Å². The van der Waals surface area contributed by atoms with E-state index in [9.17, 15) is 9.59 Å². The molecule has 0 aliphatic heterocycles. The average molecular weight is 285 g/mol. The predicted octanol–water partition coefficient (Wildman–Crippen LogP) is 2.08. The van der Waals surface area contributed by atoms with Crippen LogP contribution in [-0.4, -0.2) is 36.8 Å². The molecule has 0 bridgehead atoms. The lowest BCUT2D eigenvalue weighted by Gasteiger charge is -2.19. The largest absolute Gasteiger partial charge is 0.373 e. The quantitative estimate of drug-likeness (QED) is 0.799. The number of ketones is 1. The zero-order valence-electron chi connectivity index (χ0n) is 12.2. The van der Waals surface area contributed by atoms with Crippen LogP contribution in [0.25, 0.3) is 0 Å². The summed E-state index contributed by atoms with van der Waals surface area (Å²) in [6, 6.07) is 11.5. The second-order valence-electron chi connectivity index (χ2n) is 4.87. The number of para-hydroxylation sites is 1. The lowest BCUT2D eigenvalue weighted by Crippen LogP contribution is -2.33. The van der Waals surface area contributed by atoms with E-state index in [0.717, 1.165) is 5.69 Å². The molecule has 0 aliphatic carbocycles. The summed E-state index contributed by atoms with van der Waals surface area (Å²) < 4.78 is 0. The molecule has 1 heterocycles. The SMILES string of the molecule is CC(=O)c1c[nH]c(C(=O)NCCN(C)c2ccccc2)c1. The summed E-state index contributed by atoms with van der Waals surface area (Å²) in [4.78, 5) is 28.0. The number of rotatable bonds is 6. The van der Waals surface area contributed by atoms with Crippen molar-refractivity contribution in [2.45, 2.75) is 6.92 Å². The van der Waals surface area contributed by atoms with Crippen molar-refractivity contribution < 1.29 is 9.59 Å². The molecule has 5 nitrogen and oxygen atoms in total. The summed E-state index contributed by atoms with van der Waals surface area (Å²) in [5, 5.41) is 2.83. The van der Waals surface area contributed by atoms with E-state index in [2.05, 4.69) is 15.2 Å². The van der Waals surface area contributed by atoms with Crippen LogP contribution < -0.4 is 10.2 Å². The zero-order chi connectivity index (χ0) is 15.2. The van der Waals surface area contributed by atoms with Crippen LogP contribution >= 0.6 is 0 Å². The van der Waals surface area contributed by atoms with Gasteiger partial charge in [-0.2, -0.15) is 0 Å². The normalized spacial score (nSPS) is 10.2. The first kappa shape index (κ1) is 14.8. The van der Waals surface area contributed by atoms with E-state index in [1.807, 2.05) is 37.4 Å². The van der Waals surface area contributed by atoms with Crippen LogP contribution in [0.3, 0.4) is 0 Å². The number of H-pyrrole nitrogens is 1. The van der Waals surface area contributed by atoms with Gasteiger partial charge in [0, 0.05) is 37.6 Å². The number of nitrogens with one attached hydrogen (secondary N) is 2. The number of nitrogens with zero attached hydrogens (tertiary/aromatic N) is 1. The molecule has 0 fully saturated rings. The van der Waals surface area contributed by atoms with Gasteiger partial charge in [0.1, 0.15) is 5.69 Å². The van der Waals surface area contributed by atoms with Crippen LogP contribution in [-0.2, 0) is 0 Å². The van der Waals surface area contributed by atoms with Crippen molar-refractivity contribution in [3.05, 3.63) is 53.9 Å². The molecule has 0 atom stereocenters. The van der Waals surface area contributed by atoms with Crippen LogP contribution in [0.5, 0.6) is 0 Å². The maximum atomic E-state index is 11.9. The molecule has 0 saturated carbocycles. The first-order valence-corrected chi connectivity index (χ1v) is 6.81. The minimum Gasteiger partial charge on any atom is -0.373 e. The van der Waals surface area contributed by atoms with Gasteiger partial charge in [0.2, 0.25) is 0 Å². The third kappa shape index (κ3) is 3.95. The summed E-state index contributed by atoms with van der Waals surface area (Å²) >= 11 is 0. The van der Waals surface area contributed by atoms with E-state index < -0.39 is 0 Å². The van der Waals surface area contributed by atoms with Crippen molar-refractivity contribution in [3.8, 4) is 0 Å². The van der Waals surface area contributed by atoms with Crippen LogP contribution in [0.2, 0.25) is 0 Å². The number of benzene rings is 1. The van der Waals surface area contributed by atoms with Crippen LogP contribution in [0.15, 0.2) is 42.6 Å². The highest BCUT2D eigenvalue weighted by Gasteiger charge is 2.10. The number of carbonyl (C=O) groups excluding carboxylic acids is 2. The Morgan fingerprint density at radius 3 is 2.57 bits per heavy atom. The molecule has 0 radical (unpaired) electrons. The molecule has 1 amide bonds. The van der Waals surface area contributed by atoms with Crippen LogP contribution in [0.1, 0.15) is 27.8 Å². The van der Waals surface area contributed by atoms with E-state index in [-0.39, 0.29) is 11.7 Å². The number of hydrogen-bond acceptors (Lipinski definition) is 3. The molecule has 2 N–H and O–H groups in total. The summed E-state index contributed by atoms with van der Waals surface area (Å²) in [7, 11) is 1.98. The molecule has 0 saturated heterocycles. The maximum absolute atomic E-state index is 11.9. The minimum atomic E-state index is -0.205. The molecule has 110 valence electrons. The number of likely N-dealkylation sites (N-methyl/N-ethyl adjacent to an activating group) is 1. The van der Waals surface area contributed by atoms with Crippen molar-refractivity contribution >= 4 is 17.4 Å². The first-order chi connectivity index (χ1) is 10.1. The molecule has 2 aromatic rings. The first-order valence-electron chi connectivity index (χ1n) is 6.81. The maximum Gasteiger partial charge on any atom is 0.267 e. The molecule has 0 unspecified atom stereocenters. The zero-order valence-corrected chi connectivity index (χ0v) is 12.2. The molecule has 1 aromatic heterocycles. The topological polar surface area (TPSA) is 65.2 Å². The van der Waals surface area contributed by atoms with Crippen molar-refractivity contribution in [1.29, 1.82) is 0 Å². The molecule has 1 aromatic carbocycles. The number of anilines is 1. The monoisotopic (exact) mass is 285 g/mol. The highest BCUT2D eigenvalue weighted by Crippen LogP contribution is 2.10. The van der Waals surface area contributed by atoms with Gasteiger partial charge in [0.25, 0.3) is 5.91 Å². The Balaban J connectivity index is 1.82. The highest BCUT2D eigenvalue weighted by atomic mass is 16.2. The second-order valence-corrected chi connectivity index (χ2v) is 4.87. The Kier molecular flexibility index (Phi) is 4.77. The number of Topliss-reactive ketones (excluding diaryl/α,β-unsaturated/α-hetero) is 1. The van der Waals surface area contributed by atoms with Gasteiger partial charge < -0.3 is 15.2 Å². The fraction of sp³-hybridized carbons (Fsp3) is 0.250. The number of hydrogen-bond donors (Lipinski definition) is 2. The van der Waals surface area contributed by atoms with Crippen molar-refractivity contribution in [2.75, 3.05) is 25.0 Å². The molecular weight excluding hydrogens is 266 g/mol. The van der Waals surface area contributed by atoms with E-state index in [0.29, 0.717) is 24.3 Å². The smallest absolute Gasteiger partial charge is 0.267 e. The fourth-order valence-corrected chi connectivity index (χ4v) is 1.97. The summed E-state index contributed by atoms with van der Waals surface area (Å²) in [6.45, 7) is 2.70. The number of aromatic nitrogens is 1. The highest BCUT2D eigenvalue weighted by molar-refractivity contribution is 5.99. The van der Waals surface area contributed by atoms with Gasteiger partial charge in [-0.1, -0.05) is 18.2 Å². The second kappa shape index (κ2) is 6.74. The summed E-state index contributed by atoms with van der Waals surface area (Å²) in [6.07, 6.45) is 1.55. The Morgan fingerprint density at radius 1 is 1.24 bits per heavy atom. The van der Waals surface area contributed by atoms with Crippen molar-refractivity contribution in [1.82, 2.24) is 10.3 Å². The number of amides is 1. The van der Waals surface area contributed by atoms with E-state index >= 15 is 0 Å². The van der Waals surface area contributed by atoms with Gasteiger partial charge in [-0.05, 0) is 25.1 Å². The van der Waals surface area contributed by atoms with Gasteiger partial charge in [0.05, 0.1) is 0 Å². The Bertz CT molecular complexity index is 619. The lowest BCUT2D eigenvalue weighted by molar-refractivity contribution is 0.0950. The van der Waals surface area contributed by atoms with Crippen molar-refractivity contribution in [3.63, 3.8) is 0 Å². The average Bonchev–Trinajstić information content (AvgIpc) is 2.98. The van der Waals surface area contributed by atoms with Gasteiger partial charge in [-0.15, -0.1) is 0 Å². The number of aromatic amines is 1. The molecule has 5 heteroatoms. The third-order valence-electron chi connectivity index (χ3n) is 3.26. The Hall–Kier alpha value is -2.56. The van der Waals surface area contributed by atoms with Crippen LogP contribution in [0, 0.1) is 0 Å². The molecule has 0 aliphatic rings. The Labute approximate surface area is 124 Å². The van der Waals surface area contributed by atoms with E-state index in [4.69, 9.17) is 0 Å². The lowest BCUT2D eigenvalue weighted by atomic mass is 10.2. The fourth-order valence-electron chi connectivity index (χ4n) is 1.97. The Morgan fingerprint density at radius 2 is 1.95 bits per heavy atom. The van der Waals surface area contributed by atoms with Crippen molar-refractivity contribution in [2.24, 2.45) is 0 Å². The molecule has 0 spiro atoms. The number of carbonyl (C=O) groups is 2. The molecule has 21 heavy (non-hydrogen) atoms. The molecular formula is C16H19N3O2. The third-order valence-corrected chi connectivity index (χ3v) is 3.26. The van der Waals surface area contributed by atoms with E-state index in [1.165, 1.54) is 6.92 Å². The minimum absolute atomic E-state index is 0.0610. The van der Waals surface area contributed by atoms with Gasteiger partial charge >= 0.3 is 0 Å². The van der Waals surface area contributed by atoms with Gasteiger partial charge in [0.15, 0.2) is 5.78 Å². The van der Waals surface area contributed by atoms with Crippen LogP contribution in [0.4, 0.5) is 5.69 Å². The van der Waals surface area contributed by atoms with Gasteiger partial charge in [-0.25, -0.2) is 0 Å². The molecule has 2 rings (SSSR count).